The molecule has 0 aliphatic carbocycles. The van der Waals surface area contributed by atoms with Crippen LogP contribution in [0.5, 0.6) is 0 Å². The Morgan fingerprint density at radius 2 is 0.545 bits per heavy atom. The number of nitrogens with one attached hydrogen (secondary N) is 4. The summed E-state index contributed by atoms with van der Waals surface area (Å²) in [6.45, 7) is 22.5. The van der Waals surface area contributed by atoms with E-state index in [1.165, 1.54) is 133 Å². The van der Waals surface area contributed by atoms with Crippen molar-refractivity contribution in [1.82, 2.24) is 19.9 Å². The van der Waals surface area contributed by atoms with Gasteiger partial charge in [0, 0.05) is 45.0 Å². The fraction of sp³-hybridized carbons (Fsp3) is 0.127. The molecule has 134 heavy (non-hydrogen) atoms. The summed E-state index contributed by atoms with van der Waals surface area (Å²) in [7, 11) is 0. The van der Waals surface area contributed by atoms with Crippen molar-refractivity contribution < 1.29 is 0 Å². The number of hydrogen-bond donors (Lipinski definition) is 4. The molecular formula is C126H114N8. The second-order valence-electron chi connectivity index (χ2n) is 35.3. The van der Waals surface area contributed by atoms with Crippen molar-refractivity contribution in [2.75, 3.05) is 21.3 Å². The van der Waals surface area contributed by atoms with Crippen molar-refractivity contribution in [2.45, 2.75) is 106 Å². The average molecular weight is 1740 g/mol. The zero-order valence-electron chi connectivity index (χ0n) is 78.0. The van der Waals surface area contributed by atoms with Gasteiger partial charge >= 0.3 is 0 Å². The Hall–Kier alpha value is -15.9. The van der Waals surface area contributed by atoms with Gasteiger partial charge in [0.05, 0.1) is 70.2 Å². The highest BCUT2D eigenvalue weighted by Crippen LogP contribution is 2.41. The summed E-state index contributed by atoms with van der Waals surface area (Å²) in [4.78, 5) is 20.5. The number of aryl methyl sites for hydroxylation is 6. The maximum absolute atomic E-state index is 5.28. The van der Waals surface area contributed by atoms with Crippen molar-refractivity contribution in [3.05, 3.63) is 527 Å². The summed E-state index contributed by atoms with van der Waals surface area (Å²) < 4.78 is 0. The first-order chi connectivity index (χ1) is 65.6. The fourth-order valence-corrected chi connectivity index (χ4v) is 18.3. The molecule has 0 aliphatic rings. The van der Waals surface area contributed by atoms with E-state index in [1.54, 1.807) is 0 Å². The van der Waals surface area contributed by atoms with Gasteiger partial charge in [-0.25, -0.2) is 0 Å². The van der Waals surface area contributed by atoms with Gasteiger partial charge in [0.1, 0.15) is 0 Å². The first-order valence-corrected chi connectivity index (χ1v) is 46.7. The van der Waals surface area contributed by atoms with E-state index in [4.69, 9.17) is 19.9 Å². The highest BCUT2D eigenvalue weighted by molar-refractivity contribution is 5.98. The summed E-state index contributed by atoms with van der Waals surface area (Å²) in [5.74, 6) is 0.996. The molecule has 8 heteroatoms. The Morgan fingerprint density at radius 1 is 0.231 bits per heavy atom. The normalized spacial score (nSPS) is 11.7. The molecule has 658 valence electrons. The van der Waals surface area contributed by atoms with Crippen LogP contribution in [0.25, 0.3) is 99.6 Å². The zero-order chi connectivity index (χ0) is 92.2. The lowest BCUT2D eigenvalue weighted by Crippen LogP contribution is -2.15. The highest BCUT2D eigenvalue weighted by Gasteiger charge is 2.25. The third kappa shape index (κ3) is 21.7. The molecule has 0 amide bonds. The van der Waals surface area contributed by atoms with Crippen molar-refractivity contribution in [3.63, 3.8) is 0 Å². The lowest BCUT2D eigenvalue weighted by molar-refractivity contribution is 0.864. The van der Waals surface area contributed by atoms with Crippen LogP contribution in [0.3, 0.4) is 0 Å². The van der Waals surface area contributed by atoms with Crippen LogP contribution in [0.15, 0.2) is 443 Å². The standard InChI is InChI=1S/C37H32N2.C33H30N2.C31H28N2.C25H24N2/c1-26(2)27-22-24-30(25-23-27)38-37(34-18-9-8-17-32(34)28-12-4-3-5-13-28)36-21-11-20-35(39-36)33-19-10-15-29-14-6-7-16-31(29)33;1-24(2)25-20-22-28(23-21-25)34-33(30-17-10-9-16-29(30)26-12-5-3-6-13-26)32-19-11-18-31(35-32)27-14-7-4-8-15-27;1-21-19-22(2)30(23(3)20-21)33-31(25-12-5-4-6-13-25)29-18-10-17-28(32-29)27-16-9-14-24-11-7-8-15-26(24)27;1-17-14-18(2)25(19(3)15-17)26-16-21-10-7-13-24(27-21)23-12-6-9-20-8-4-5-11-22(20)23/h3-26,37-38H,1-2H3;3-24,33-34H,1-2H3;4-20,31,33H,1-3H3;4-15,26H,16H2,1-3H3. The van der Waals surface area contributed by atoms with E-state index in [-0.39, 0.29) is 18.1 Å². The molecule has 4 aromatic heterocycles. The van der Waals surface area contributed by atoms with Gasteiger partial charge in [0.2, 0.25) is 0 Å². The molecule has 0 radical (unpaired) electrons. The third-order valence-electron chi connectivity index (χ3n) is 25.0. The van der Waals surface area contributed by atoms with Crippen molar-refractivity contribution in [3.8, 4) is 67.3 Å². The number of aromatic nitrogens is 4. The van der Waals surface area contributed by atoms with E-state index in [2.05, 4.69) is 527 Å². The van der Waals surface area contributed by atoms with Crippen molar-refractivity contribution in [2.24, 2.45) is 0 Å². The molecule has 0 saturated heterocycles. The number of benzene rings is 16. The number of rotatable bonds is 23. The van der Waals surface area contributed by atoms with E-state index >= 15 is 0 Å². The van der Waals surface area contributed by atoms with Gasteiger partial charge in [-0.15, -0.1) is 0 Å². The van der Waals surface area contributed by atoms with Crippen LogP contribution in [0.4, 0.5) is 22.7 Å². The summed E-state index contributed by atoms with van der Waals surface area (Å²) in [6.07, 6.45) is 0. The minimum Gasteiger partial charge on any atom is -0.379 e. The molecular weight excluding hydrogens is 1630 g/mol. The molecule has 3 unspecified atom stereocenters. The topological polar surface area (TPSA) is 99.7 Å². The second-order valence-corrected chi connectivity index (χ2v) is 35.3. The fourth-order valence-electron chi connectivity index (χ4n) is 18.3. The maximum Gasteiger partial charge on any atom is 0.0946 e. The maximum atomic E-state index is 5.28. The van der Waals surface area contributed by atoms with Gasteiger partial charge in [0.15, 0.2) is 0 Å². The molecule has 0 fully saturated rings. The average Bonchev–Trinajstić information content (AvgIpc) is 0.795. The van der Waals surface area contributed by atoms with Crippen LogP contribution >= 0.6 is 0 Å². The van der Waals surface area contributed by atoms with Gasteiger partial charge in [-0.2, -0.15) is 0 Å². The van der Waals surface area contributed by atoms with Crippen LogP contribution in [0, 0.1) is 41.5 Å². The second kappa shape index (κ2) is 42.8. The minimum absolute atomic E-state index is 0.0544. The smallest absolute Gasteiger partial charge is 0.0946 e. The minimum atomic E-state index is -0.138. The summed E-state index contributed by atoms with van der Waals surface area (Å²) in [6, 6.07) is 156. The van der Waals surface area contributed by atoms with Crippen LogP contribution in [0.2, 0.25) is 0 Å². The SMILES string of the molecule is CC(C)c1ccc(NC(c2cccc(-c3cccc4ccccc34)n2)c2ccccc2-c2ccccc2)cc1.CC(C)c1ccc(NC(c2cccc(-c3ccccc3)n2)c2ccccc2-c2ccccc2)cc1.Cc1cc(C)c(NC(c2ccccc2)c2cccc(-c3cccc4ccccc34)n2)c(C)c1.Cc1cc(C)c(NCc2cccc(-c3cccc4ccccc34)n2)c(C)c1. The predicted molar refractivity (Wildman–Crippen MR) is 567 cm³/mol. The molecule has 3 atom stereocenters. The number of fused-ring (bicyclic) bond motifs is 3. The van der Waals surface area contributed by atoms with E-state index in [9.17, 15) is 0 Å². The van der Waals surface area contributed by atoms with E-state index in [0.29, 0.717) is 18.4 Å². The molecule has 0 spiro atoms. The number of hydrogen-bond acceptors (Lipinski definition) is 8. The summed E-state index contributed by atoms with van der Waals surface area (Å²) in [5.41, 5.74) is 35.8. The highest BCUT2D eigenvalue weighted by atomic mass is 15.0. The molecule has 4 N–H and O–H groups in total. The van der Waals surface area contributed by atoms with Gasteiger partial charge in [0.25, 0.3) is 0 Å². The number of pyridine rings is 4. The Labute approximate surface area is 790 Å². The molecule has 0 saturated carbocycles. The molecule has 4 heterocycles. The van der Waals surface area contributed by atoms with E-state index < -0.39 is 0 Å². The number of anilines is 4. The van der Waals surface area contributed by atoms with Crippen LogP contribution in [-0.2, 0) is 6.54 Å². The van der Waals surface area contributed by atoms with Gasteiger partial charge in [-0.1, -0.05) is 409 Å². The zero-order valence-corrected chi connectivity index (χ0v) is 78.0. The van der Waals surface area contributed by atoms with E-state index in [1.807, 2.05) is 6.07 Å². The molecule has 20 aromatic rings. The lowest BCUT2D eigenvalue weighted by Gasteiger charge is -2.24. The van der Waals surface area contributed by atoms with E-state index in [0.717, 1.165) is 73.6 Å². The van der Waals surface area contributed by atoms with Crippen LogP contribution < -0.4 is 21.3 Å². The number of nitrogens with zero attached hydrogens (tertiary/aromatic N) is 4. The quantitative estimate of drug-likeness (QED) is 0.0503. The third-order valence-corrected chi connectivity index (χ3v) is 25.0. The first-order valence-electron chi connectivity index (χ1n) is 46.7. The summed E-state index contributed by atoms with van der Waals surface area (Å²) in [5, 5.41) is 22.4. The molecule has 16 aromatic carbocycles. The first kappa shape index (κ1) is 90.1. The molecule has 20 rings (SSSR count). The molecule has 0 aliphatic heterocycles. The van der Waals surface area contributed by atoms with Crippen molar-refractivity contribution >= 4 is 55.1 Å². The summed E-state index contributed by atoms with van der Waals surface area (Å²) >= 11 is 0. The Balaban J connectivity index is 0.000000125. The Morgan fingerprint density at radius 3 is 0.963 bits per heavy atom. The molecule has 0 bridgehead atoms. The Kier molecular flexibility index (Phi) is 28.7. The van der Waals surface area contributed by atoms with Gasteiger partial charge < -0.3 is 21.3 Å². The monoisotopic (exact) mass is 1740 g/mol. The Bertz CT molecular complexity index is 7300. The van der Waals surface area contributed by atoms with Crippen molar-refractivity contribution in [1.29, 1.82) is 0 Å². The van der Waals surface area contributed by atoms with Gasteiger partial charge in [-0.05, 0) is 231 Å². The largest absolute Gasteiger partial charge is 0.379 e. The lowest BCUT2D eigenvalue weighted by atomic mass is 9.92. The van der Waals surface area contributed by atoms with Gasteiger partial charge in [-0.3, -0.25) is 19.9 Å². The van der Waals surface area contributed by atoms with Crippen LogP contribution in [-0.4, -0.2) is 19.9 Å². The molecule has 8 nitrogen and oxygen atoms in total. The predicted octanol–water partition coefficient (Wildman–Crippen LogP) is 33.1. The van der Waals surface area contributed by atoms with Crippen LogP contribution in [0.1, 0.15) is 142 Å².